The molecule has 2 aromatic rings. The van der Waals surface area contributed by atoms with Gasteiger partial charge in [-0.15, -0.1) is 0 Å². The number of nitrogens with one attached hydrogen (secondary N) is 1. The van der Waals surface area contributed by atoms with Crippen molar-refractivity contribution >= 4 is 11.5 Å². The summed E-state index contributed by atoms with van der Waals surface area (Å²) in [5.41, 5.74) is 0.177. The molecule has 0 aromatic carbocycles. The van der Waals surface area contributed by atoms with Gasteiger partial charge in [-0.25, -0.2) is 9.37 Å². The van der Waals surface area contributed by atoms with Crippen LogP contribution in [0.25, 0.3) is 11.3 Å². The predicted molar refractivity (Wildman–Crippen MR) is 68.2 cm³/mol. The number of hydrogen-bond acceptors (Lipinski definition) is 5. The molecule has 0 aliphatic carbocycles. The van der Waals surface area contributed by atoms with E-state index in [1.165, 1.54) is 18.3 Å². The quantitative estimate of drug-likeness (QED) is 0.676. The van der Waals surface area contributed by atoms with Crippen LogP contribution in [0, 0.1) is 15.9 Å². The van der Waals surface area contributed by atoms with E-state index in [1.807, 2.05) is 6.92 Å². The van der Waals surface area contributed by atoms with Gasteiger partial charge in [0.05, 0.1) is 11.1 Å². The molecule has 2 rings (SSSR count). The van der Waals surface area contributed by atoms with Crippen LogP contribution in [0.5, 0.6) is 0 Å². The normalized spacial score (nSPS) is 10.2. The molecule has 1 N–H and O–H groups in total. The molecule has 0 radical (unpaired) electrons. The predicted octanol–water partition coefficient (Wildman–Crippen LogP) is 2.62. The summed E-state index contributed by atoms with van der Waals surface area (Å²) < 4.78 is 13.2. The van der Waals surface area contributed by atoms with Crippen molar-refractivity contribution in [1.82, 2.24) is 9.97 Å². The van der Waals surface area contributed by atoms with Gasteiger partial charge < -0.3 is 5.32 Å². The molecular formula is C12H11FN4O2. The third-order valence-electron chi connectivity index (χ3n) is 2.41. The first-order valence-corrected chi connectivity index (χ1v) is 5.62. The fraction of sp³-hybridized carbons (Fsp3) is 0.167. The van der Waals surface area contributed by atoms with E-state index in [-0.39, 0.29) is 16.9 Å². The number of nitrogens with zero attached hydrogens (tertiary/aromatic N) is 3. The number of pyridine rings is 2. The van der Waals surface area contributed by atoms with Gasteiger partial charge >= 0.3 is 0 Å². The molecule has 0 aliphatic heterocycles. The molecule has 0 atom stereocenters. The second-order valence-electron chi connectivity index (χ2n) is 3.74. The zero-order valence-electron chi connectivity index (χ0n) is 10.1. The van der Waals surface area contributed by atoms with E-state index < -0.39 is 10.7 Å². The molecule has 0 amide bonds. The Morgan fingerprint density at radius 1 is 1.42 bits per heavy atom. The first-order chi connectivity index (χ1) is 9.11. The van der Waals surface area contributed by atoms with Gasteiger partial charge in [0.25, 0.3) is 5.69 Å². The largest absolute Gasteiger partial charge is 0.370 e. The van der Waals surface area contributed by atoms with Gasteiger partial charge in [-0.3, -0.25) is 15.1 Å². The lowest BCUT2D eigenvalue weighted by Gasteiger charge is -2.06. The van der Waals surface area contributed by atoms with Crippen molar-refractivity contribution in [2.45, 2.75) is 6.92 Å². The summed E-state index contributed by atoms with van der Waals surface area (Å²) in [5.74, 6) is -0.0742. The molecule has 19 heavy (non-hydrogen) atoms. The molecule has 6 nitrogen and oxygen atoms in total. The van der Waals surface area contributed by atoms with Crippen LogP contribution in [0.4, 0.5) is 15.9 Å². The maximum atomic E-state index is 13.2. The summed E-state index contributed by atoms with van der Waals surface area (Å²) in [6, 6.07) is 4.02. The first kappa shape index (κ1) is 12.9. The Morgan fingerprint density at radius 3 is 2.84 bits per heavy atom. The summed E-state index contributed by atoms with van der Waals surface area (Å²) in [5, 5.41) is 13.9. The summed E-state index contributed by atoms with van der Waals surface area (Å²) >= 11 is 0. The SMILES string of the molecule is CCNc1ccc([N+](=O)[O-])c(-c2cncc(F)c2)n1. The standard InChI is InChI=1S/C12H11FN4O2/c1-2-15-11-4-3-10(17(18)19)12(16-11)8-5-9(13)7-14-6-8/h3-7H,2H2,1H3,(H,15,16). The van der Waals surface area contributed by atoms with Crippen molar-refractivity contribution in [1.29, 1.82) is 0 Å². The minimum absolute atomic E-state index is 0.0930. The molecule has 0 aliphatic rings. The zero-order chi connectivity index (χ0) is 13.8. The van der Waals surface area contributed by atoms with Gasteiger partial charge in [0, 0.05) is 24.4 Å². The van der Waals surface area contributed by atoms with Crippen LogP contribution in [-0.4, -0.2) is 21.4 Å². The van der Waals surface area contributed by atoms with E-state index in [2.05, 4.69) is 15.3 Å². The maximum absolute atomic E-state index is 13.2. The molecule has 98 valence electrons. The minimum atomic E-state index is -0.567. The van der Waals surface area contributed by atoms with Crippen LogP contribution in [-0.2, 0) is 0 Å². The summed E-state index contributed by atoms with van der Waals surface area (Å²) in [6.45, 7) is 2.51. The van der Waals surface area contributed by atoms with Crippen molar-refractivity contribution in [3.8, 4) is 11.3 Å². The zero-order valence-corrected chi connectivity index (χ0v) is 10.1. The Hall–Kier alpha value is -2.57. The summed E-state index contributed by atoms with van der Waals surface area (Å²) in [6.07, 6.45) is 2.37. The number of nitro groups is 1. The van der Waals surface area contributed by atoms with Gasteiger partial charge in [0.15, 0.2) is 5.69 Å². The van der Waals surface area contributed by atoms with Crippen molar-refractivity contribution in [2.24, 2.45) is 0 Å². The molecular weight excluding hydrogens is 251 g/mol. The highest BCUT2D eigenvalue weighted by molar-refractivity contribution is 5.70. The molecule has 0 fully saturated rings. The highest BCUT2D eigenvalue weighted by Crippen LogP contribution is 2.29. The van der Waals surface area contributed by atoms with Crippen LogP contribution < -0.4 is 5.32 Å². The Kier molecular flexibility index (Phi) is 3.65. The average Bonchev–Trinajstić information content (AvgIpc) is 2.39. The Labute approximate surface area is 108 Å². The topological polar surface area (TPSA) is 81.0 Å². The third kappa shape index (κ3) is 2.82. The lowest BCUT2D eigenvalue weighted by atomic mass is 10.1. The van der Waals surface area contributed by atoms with E-state index >= 15 is 0 Å². The second kappa shape index (κ2) is 5.38. The van der Waals surface area contributed by atoms with E-state index in [0.717, 1.165) is 12.3 Å². The highest BCUT2D eigenvalue weighted by atomic mass is 19.1. The number of hydrogen-bond donors (Lipinski definition) is 1. The van der Waals surface area contributed by atoms with Gasteiger partial charge in [0.2, 0.25) is 0 Å². The van der Waals surface area contributed by atoms with E-state index in [0.29, 0.717) is 12.4 Å². The summed E-state index contributed by atoms with van der Waals surface area (Å²) in [4.78, 5) is 18.2. The lowest BCUT2D eigenvalue weighted by molar-refractivity contribution is -0.384. The van der Waals surface area contributed by atoms with Crippen LogP contribution in [0.2, 0.25) is 0 Å². The van der Waals surface area contributed by atoms with Crippen LogP contribution in [0.15, 0.2) is 30.6 Å². The van der Waals surface area contributed by atoms with Crippen LogP contribution >= 0.6 is 0 Å². The average molecular weight is 262 g/mol. The first-order valence-electron chi connectivity index (χ1n) is 5.62. The van der Waals surface area contributed by atoms with Crippen molar-refractivity contribution in [2.75, 3.05) is 11.9 Å². The van der Waals surface area contributed by atoms with Crippen molar-refractivity contribution in [3.05, 3.63) is 46.5 Å². The van der Waals surface area contributed by atoms with E-state index in [9.17, 15) is 14.5 Å². The molecule has 0 saturated heterocycles. The maximum Gasteiger partial charge on any atom is 0.295 e. The monoisotopic (exact) mass is 262 g/mol. The third-order valence-corrected chi connectivity index (χ3v) is 2.41. The lowest BCUT2D eigenvalue weighted by Crippen LogP contribution is -2.02. The van der Waals surface area contributed by atoms with Crippen LogP contribution in [0.3, 0.4) is 0 Å². The van der Waals surface area contributed by atoms with E-state index in [1.54, 1.807) is 0 Å². The van der Waals surface area contributed by atoms with Gasteiger partial charge in [-0.2, -0.15) is 0 Å². The van der Waals surface area contributed by atoms with Gasteiger partial charge in [-0.05, 0) is 19.1 Å². The Balaban J connectivity index is 2.57. The molecule has 2 heterocycles. The molecule has 0 saturated carbocycles. The number of anilines is 1. The van der Waals surface area contributed by atoms with Crippen LogP contribution in [0.1, 0.15) is 6.92 Å². The number of halogens is 1. The minimum Gasteiger partial charge on any atom is -0.370 e. The fourth-order valence-corrected chi connectivity index (χ4v) is 1.63. The molecule has 2 aromatic heterocycles. The highest BCUT2D eigenvalue weighted by Gasteiger charge is 2.18. The Morgan fingerprint density at radius 2 is 2.21 bits per heavy atom. The molecule has 7 heteroatoms. The van der Waals surface area contributed by atoms with E-state index in [4.69, 9.17) is 0 Å². The fourth-order valence-electron chi connectivity index (χ4n) is 1.63. The van der Waals surface area contributed by atoms with Crippen molar-refractivity contribution < 1.29 is 9.31 Å². The van der Waals surface area contributed by atoms with Gasteiger partial charge in [-0.1, -0.05) is 0 Å². The molecule has 0 bridgehead atoms. The summed E-state index contributed by atoms with van der Waals surface area (Å²) in [7, 11) is 0. The second-order valence-corrected chi connectivity index (χ2v) is 3.74. The molecule has 0 unspecified atom stereocenters. The van der Waals surface area contributed by atoms with Gasteiger partial charge in [0.1, 0.15) is 11.6 Å². The molecule has 0 spiro atoms. The number of rotatable bonds is 4. The Bertz CT molecular complexity index is 618. The smallest absolute Gasteiger partial charge is 0.295 e. The number of aromatic nitrogens is 2. The van der Waals surface area contributed by atoms with Crippen molar-refractivity contribution in [3.63, 3.8) is 0 Å².